The second kappa shape index (κ2) is 8.13. The molecule has 2 heterocycles. The highest BCUT2D eigenvalue weighted by Gasteiger charge is 2.36. The van der Waals surface area contributed by atoms with E-state index in [1.165, 1.54) is 0 Å². The Morgan fingerprint density at radius 2 is 1.92 bits per heavy atom. The first kappa shape index (κ1) is 18.1. The zero-order valence-electron chi connectivity index (χ0n) is 15.4. The van der Waals surface area contributed by atoms with Crippen LogP contribution in [0.2, 0.25) is 0 Å². The van der Waals surface area contributed by atoms with Gasteiger partial charge in [0.25, 0.3) is 0 Å². The van der Waals surface area contributed by atoms with Crippen LogP contribution in [0.5, 0.6) is 0 Å². The van der Waals surface area contributed by atoms with Gasteiger partial charge in [-0.2, -0.15) is 0 Å². The highest BCUT2D eigenvalue weighted by atomic mass is 16.2. The number of pyridine rings is 1. The number of amides is 2. The van der Waals surface area contributed by atoms with Crippen LogP contribution in [0.25, 0.3) is 0 Å². The number of carbonyl (C=O) groups excluding carboxylic acids is 2. The molecule has 2 amide bonds. The van der Waals surface area contributed by atoms with Gasteiger partial charge in [0.15, 0.2) is 0 Å². The van der Waals surface area contributed by atoms with Gasteiger partial charge in [-0.05, 0) is 35.6 Å². The smallest absolute Gasteiger partial charge is 0.227 e. The van der Waals surface area contributed by atoms with Gasteiger partial charge in [-0.1, -0.05) is 38.1 Å². The van der Waals surface area contributed by atoms with E-state index >= 15 is 0 Å². The molecule has 0 aliphatic carbocycles. The number of anilines is 1. The van der Waals surface area contributed by atoms with E-state index in [4.69, 9.17) is 0 Å². The van der Waals surface area contributed by atoms with Crippen LogP contribution in [0.3, 0.4) is 0 Å². The van der Waals surface area contributed by atoms with Crippen molar-refractivity contribution >= 4 is 17.5 Å². The number of hydrogen-bond donors (Lipinski definition) is 1. The molecule has 1 unspecified atom stereocenters. The van der Waals surface area contributed by atoms with Crippen molar-refractivity contribution in [2.45, 2.75) is 39.7 Å². The lowest BCUT2D eigenvalue weighted by molar-refractivity contribution is -0.126. The maximum absolute atomic E-state index is 12.6. The Morgan fingerprint density at radius 3 is 2.54 bits per heavy atom. The predicted octanol–water partition coefficient (Wildman–Crippen LogP) is 2.88. The molecule has 0 bridgehead atoms. The zero-order valence-corrected chi connectivity index (χ0v) is 15.4. The third-order valence-corrected chi connectivity index (χ3v) is 4.92. The standard InChI is InChI=1S/C21H25N3O2/c1-3-16-8-5-9-17(4-2)20(16)24-14-18(11-19(24)25)21(26)23-13-15-7-6-10-22-12-15/h5-10,12,18H,3-4,11,13-14H2,1-2H3,(H,23,26). The van der Waals surface area contributed by atoms with Gasteiger partial charge in [0.05, 0.1) is 5.92 Å². The van der Waals surface area contributed by atoms with E-state index in [2.05, 4.69) is 36.3 Å². The molecule has 1 aromatic heterocycles. The molecule has 1 aliphatic heterocycles. The first-order valence-corrected chi connectivity index (χ1v) is 9.21. The number of aromatic nitrogens is 1. The molecule has 1 atom stereocenters. The minimum absolute atomic E-state index is 0.0297. The molecule has 26 heavy (non-hydrogen) atoms. The normalized spacial score (nSPS) is 16.8. The molecule has 5 nitrogen and oxygen atoms in total. The molecular weight excluding hydrogens is 326 g/mol. The van der Waals surface area contributed by atoms with E-state index in [-0.39, 0.29) is 24.2 Å². The van der Waals surface area contributed by atoms with E-state index in [9.17, 15) is 9.59 Å². The summed E-state index contributed by atoms with van der Waals surface area (Å²) in [4.78, 5) is 31.0. The van der Waals surface area contributed by atoms with Crippen molar-refractivity contribution in [3.8, 4) is 0 Å². The Balaban J connectivity index is 1.72. The monoisotopic (exact) mass is 351 g/mol. The summed E-state index contributed by atoms with van der Waals surface area (Å²) in [5.41, 5.74) is 4.28. The van der Waals surface area contributed by atoms with E-state index in [1.54, 1.807) is 12.4 Å². The number of carbonyl (C=O) groups is 2. The first-order chi connectivity index (χ1) is 12.6. The molecule has 1 aliphatic rings. The number of para-hydroxylation sites is 1. The number of nitrogens with one attached hydrogen (secondary N) is 1. The molecular formula is C21H25N3O2. The first-order valence-electron chi connectivity index (χ1n) is 9.21. The van der Waals surface area contributed by atoms with Gasteiger partial charge >= 0.3 is 0 Å². The van der Waals surface area contributed by atoms with Gasteiger partial charge in [-0.25, -0.2) is 0 Å². The fourth-order valence-electron chi connectivity index (χ4n) is 3.50. The minimum atomic E-state index is -0.311. The van der Waals surface area contributed by atoms with Crippen LogP contribution in [0.15, 0.2) is 42.7 Å². The van der Waals surface area contributed by atoms with Crippen molar-refractivity contribution in [2.75, 3.05) is 11.4 Å². The Morgan fingerprint density at radius 1 is 1.19 bits per heavy atom. The Hall–Kier alpha value is -2.69. The van der Waals surface area contributed by atoms with Gasteiger partial charge < -0.3 is 10.2 Å². The molecule has 0 saturated carbocycles. The molecule has 1 saturated heterocycles. The summed E-state index contributed by atoms with van der Waals surface area (Å²) in [5, 5.41) is 2.93. The molecule has 0 radical (unpaired) electrons. The Bertz CT molecular complexity index is 767. The maximum atomic E-state index is 12.6. The summed E-state index contributed by atoms with van der Waals surface area (Å²) in [6.07, 6.45) is 5.43. The molecule has 0 spiro atoms. The van der Waals surface area contributed by atoms with Gasteiger partial charge in [-0.15, -0.1) is 0 Å². The van der Waals surface area contributed by atoms with Crippen molar-refractivity contribution in [2.24, 2.45) is 5.92 Å². The molecule has 3 rings (SSSR count). The van der Waals surface area contributed by atoms with E-state index < -0.39 is 0 Å². The summed E-state index contributed by atoms with van der Waals surface area (Å²) >= 11 is 0. The van der Waals surface area contributed by atoms with Gasteiger partial charge in [0.2, 0.25) is 11.8 Å². The average Bonchev–Trinajstić information content (AvgIpc) is 3.07. The predicted molar refractivity (Wildman–Crippen MR) is 102 cm³/mol. The lowest BCUT2D eigenvalue weighted by atomic mass is 10.0. The van der Waals surface area contributed by atoms with Crippen LogP contribution in [-0.4, -0.2) is 23.3 Å². The summed E-state index contributed by atoms with van der Waals surface area (Å²) in [6.45, 7) is 5.07. The van der Waals surface area contributed by atoms with E-state index in [0.29, 0.717) is 13.1 Å². The van der Waals surface area contributed by atoms with Crippen molar-refractivity contribution < 1.29 is 9.59 Å². The zero-order chi connectivity index (χ0) is 18.5. The molecule has 136 valence electrons. The van der Waals surface area contributed by atoms with E-state index in [1.807, 2.05) is 23.1 Å². The summed E-state index contributed by atoms with van der Waals surface area (Å²) in [7, 11) is 0. The second-order valence-corrected chi connectivity index (χ2v) is 6.62. The maximum Gasteiger partial charge on any atom is 0.227 e. The topological polar surface area (TPSA) is 62.3 Å². The molecule has 5 heteroatoms. The van der Waals surface area contributed by atoms with Crippen LogP contribution in [0, 0.1) is 5.92 Å². The van der Waals surface area contributed by atoms with Gasteiger partial charge in [0, 0.05) is 37.6 Å². The lowest BCUT2D eigenvalue weighted by Gasteiger charge is -2.23. The Labute approximate surface area is 154 Å². The fraction of sp³-hybridized carbons (Fsp3) is 0.381. The lowest BCUT2D eigenvalue weighted by Crippen LogP contribution is -2.33. The van der Waals surface area contributed by atoms with Crippen LogP contribution in [0.1, 0.15) is 37.0 Å². The SMILES string of the molecule is CCc1cccc(CC)c1N1CC(C(=O)NCc2cccnc2)CC1=O. The van der Waals surface area contributed by atoms with Gasteiger partial charge in [-0.3, -0.25) is 14.6 Å². The largest absolute Gasteiger partial charge is 0.352 e. The summed E-state index contributed by atoms with van der Waals surface area (Å²) < 4.78 is 0. The molecule has 1 fully saturated rings. The average molecular weight is 351 g/mol. The number of aryl methyl sites for hydroxylation is 2. The minimum Gasteiger partial charge on any atom is -0.352 e. The van der Waals surface area contributed by atoms with Crippen LogP contribution in [-0.2, 0) is 29.0 Å². The van der Waals surface area contributed by atoms with Gasteiger partial charge in [0.1, 0.15) is 0 Å². The quantitative estimate of drug-likeness (QED) is 0.870. The molecule has 1 aromatic carbocycles. The van der Waals surface area contributed by atoms with Crippen molar-refractivity contribution in [3.05, 3.63) is 59.4 Å². The van der Waals surface area contributed by atoms with E-state index in [0.717, 1.165) is 35.2 Å². The third-order valence-electron chi connectivity index (χ3n) is 4.92. The van der Waals surface area contributed by atoms with Crippen molar-refractivity contribution in [1.29, 1.82) is 0 Å². The number of benzene rings is 1. The molecule has 2 aromatic rings. The van der Waals surface area contributed by atoms with Crippen molar-refractivity contribution in [1.82, 2.24) is 10.3 Å². The second-order valence-electron chi connectivity index (χ2n) is 6.62. The fourth-order valence-corrected chi connectivity index (χ4v) is 3.50. The third kappa shape index (κ3) is 3.77. The molecule has 1 N–H and O–H groups in total. The summed E-state index contributed by atoms with van der Waals surface area (Å²) in [5.74, 6) is -0.354. The Kier molecular flexibility index (Phi) is 5.66. The van der Waals surface area contributed by atoms with Crippen LogP contribution in [0.4, 0.5) is 5.69 Å². The summed E-state index contributed by atoms with van der Waals surface area (Å²) in [6, 6.07) is 9.94. The number of rotatable bonds is 6. The van der Waals surface area contributed by atoms with Crippen LogP contribution < -0.4 is 10.2 Å². The highest BCUT2D eigenvalue weighted by Crippen LogP contribution is 2.32. The number of nitrogens with zero attached hydrogens (tertiary/aromatic N) is 2. The van der Waals surface area contributed by atoms with Crippen LogP contribution >= 0.6 is 0 Å². The number of hydrogen-bond acceptors (Lipinski definition) is 3. The van der Waals surface area contributed by atoms with Crippen molar-refractivity contribution in [3.63, 3.8) is 0 Å². The highest BCUT2D eigenvalue weighted by molar-refractivity contribution is 6.01.